The Labute approximate surface area is 165 Å². The monoisotopic (exact) mass is 418 g/mol. The lowest BCUT2D eigenvalue weighted by Crippen LogP contribution is -2.24. The molecule has 1 aliphatic rings. The zero-order valence-corrected chi connectivity index (χ0v) is 16.0. The van der Waals surface area contributed by atoms with E-state index >= 15 is 0 Å². The molecule has 2 rings (SSSR count). The first-order valence-corrected chi connectivity index (χ1v) is 8.78. The van der Waals surface area contributed by atoms with Crippen LogP contribution < -0.4 is 14.8 Å². The fourth-order valence-electron chi connectivity index (χ4n) is 2.09. The van der Waals surface area contributed by atoms with Crippen LogP contribution in [0.5, 0.6) is 11.5 Å². The quantitative estimate of drug-likeness (QED) is 0.450. The summed E-state index contributed by atoms with van der Waals surface area (Å²) in [6.45, 7) is 2.19. The molecular formula is C18H18Cl2F2N2O3. The summed E-state index contributed by atoms with van der Waals surface area (Å²) >= 11 is 12.0. The van der Waals surface area contributed by atoms with Crippen molar-refractivity contribution >= 4 is 35.8 Å². The van der Waals surface area contributed by atoms with Crippen LogP contribution in [0.3, 0.4) is 0 Å². The first-order valence-electron chi connectivity index (χ1n) is 8.03. The van der Waals surface area contributed by atoms with Gasteiger partial charge in [0.05, 0.1) is 17.3 Å². The number of hydrogen-bond acceptors (Lipinski definition) is 4. The molecule has 0 radical (unpaired) electrons. The van der Waals surface area contributed by atoms with Crippen LogP contribution in [0, 0.1) is 5.92 Å². The second kappa shape index (κ2) is 9.71. The van der Waals surface area contributed by atoms with E-state index in [0.717, 1.165) is 12.8 Å². The van der Waals surface area contributed by atoms with Crippen LogP contribution in [0.25, 0.3) is 0 Å². The number of alkyl halides is 2. The normalized spacial score (nSPS) is 15.3. The summed E-state index contributed by atoms with van der Waals surface area (Å²) in [5, 5.41) is 2.88. The van der Waals surface area contributed by atoms with Gasteiger partial charge in [-0.15, -0.1) is 0 Å². The highest BCUT2D eigenvalue weighted by Crippen LogP contribution is 2.34. The maximum Gasteiger partial charge on any atom is 0.387 e. The molecule has 0 unspecified atom stereocenters. The van der Waals surface area contributed by atoms with Crippen molar-refractivity contribution in [2.75, 3.05) is 6.61 Å². The van der Waals surface area contributed by atoms with Gasteiger partial charge < -0.3 is 14.8 Å². The third kappa shape index (κ3) is 6.52. The fraction of sp³-hybridized carbons (Fsp3) is 0.333. The topological polar surface area (TPSA) is 59.9 Å². The number of rotatable bonds is 9. The van der Waals surface area contributed by atoms with Gasteiger partial charge in [-0.25, -0.2) is 0 Å². The van der Waals surface area contributed by atoms with Crippen LogP contribution in [-0.2, 0) is 0 Å². The van der Waals surface area contributed by atoms with Crippen molar-refractivity contribution in [1.29, 1.82) is 0 Å². The molecular weight excluding hydrogens is 401 g/mol. The van der Waals surface area contributed by atoms with E-state index in [4.69, 9.17) is 27.9 Å². The highest BCUT2D eigenvalue weighted by molar-refractivity contribution is 6.35. The molecule has 0 spiro atoms. The summed E-state index contributed by atoms with van der Waals surface area (Å²) < 4.78 is 35.2. The molecule has 1 saturated carbocycles. The second-order valence-electron chi connectivity index (χ2n) is 5.82. The smallest absolute Gasteiger partial charge is 0.387 e. The van der Waals surface area contributed by atoms with Crippen molar-refractivity contribution in [3.8, 4) is 11.5 Å². The van der Waals surface area contributed by atoms with E-state index in [1.165, 1.54) is 24.4 Å². The summed E-state index contributed by atoms with van der Waals surface area (Å²) in [5.41, 5.74) is 0.318. The van der Waals surface area contributed by atoms with Gasteiger partial charge in [-0.2, -0.15) is 8.78 Å². The maximum atomic E-state index is 12.6. The zero-order valence-electron chi connectivity index (χ0n) is 14.5. The molecule has 9 heteroatoms. The molecule has 146 valence electrons. The van der Waals surface area contributed by atoms with E-state index in [9.17, 15) is 13.6 Å². The number of nitrogens with zero attached hydrogens (tertiary/aromatic N) is 1. The lowest BCUT2D eigenvalue weighted by atomic mass is 10.1. The van der Waals surface area contributed by atoms with Gasteiger partial charge in [0.25, 0.3) is 5.91 Å². The Morgan fingerprint density at radius 1 is 1.41 bits per heavy atom. The number of carbonyl (C=O) groups excluding carboxylic acids is 1. The molecule has 1 aromatic carbocycles. The standard InChI is InChI=1S/C18H18Cl2F2N2O3/c1-10(19)16(13(20)8-23-2)24-17(25)12-5-6-14(27-18(21)22)15(7-12)26-9-11-3-4-11/h5-8,11,18H,2-4,9H2,1H3,(H,24,25). The molecule has 0 aliphatic heterocycles. The van der Waals surface area contributed by atoms with E-state index in [1.807, 2.05) is 0 Å². The molecule has 0 heterocycles. The third-order valence-electron chi connectivity index (χ3n) is 3.62. The van der Waals surface area contributed by atoms with Crippen molar-refractivity contribution in [3.05, 3.63) is 45.7 Å². The van der Waals surface area contributed by atoms with Gasteiger partial charge in [-0.3, -0.25) is 9.79 Å². The Morgan fingerprint density at radius 2 is 2.11 bits per heavy atom. The lowest BCUT2D eigenvalue weighted by Gasteiger charge is -2.14. The van der Waals surface area contributed by atoms with Gasteiger partial charge >= 0.3 is 6.61 Å². The predicted molar refractivity (Wildman–Crippen MR) is 101 cm³/mol. The minimum atomic E-state index is -3.00. The summed E-state index contributed by atoms with van der Waals surface area (Å²) in [6.07, 6.45) is 3.28. The predicted octanol–water partition coefficient (Wildman–Crippen LogP) is 5.06. The molecule has 1 N–H and O–H groups in total. The molecule has 0 aromatic heterocycles. The lowest BCUT2D eigenvalue weighted by molar-refractivity contribution is -0.0515. The van der Waals surface area contributed by atoms with Crippen LogP contribution in [0.2, 0.25) is 0 Å². The van der Waals surface area contributed by atoms with Crippen LogP contribution in [-0.4, -0.2) is 25.8 Å². The molecule has 1 aromatic rings. The summed E-state index contributed by atoms with van der Waals surface area (Å²) in [4.78, 5) is 16.0. The van der Waals surface area contributed by atoms with Crippen molar-refractivity contribution in [3.63, 3.8) is 0 Å². The zero-order chi connectivity index (χ0) is 20.0. The minimum absolute atomic E-state index is 0.0670. The number of halogens is 4. The van der Waals surface area contributed by atoms with Crippen LogP contribution >= 0.6 is 23.2 Å². The molecule has 0 atom stereocenters. The van der Waals surface area contributed by atoms with E-state index in [0.29, 0.717) is 12.5 Å². The summed E-state index contributed by atoms with van der Waals surface area (Å²) in [6, 6.07) is 3.92. The maximum absolute atomic E-state index is 12.6. The fourth-order valence-corrected chi connectivity index (χ4v) is 2.54. The highest BCUT2D eigenvalue weighted by atomic mass is 35.5. The number of benzene rings is 1. The number of aliphatic imine (C=N–C) groups is 1. The Bertz CT molecular complexity index is 774. The van der Waals surface area contributed by atoms with Crippen LogP contribution in [0.15, 0.2) is 45.2 Å². The number of hydrogen-bond donors (Lipinski definition) is 1. The van der Waals surface area contributed by atoms with Crippen molar-refractivity contribution in [2.45, 2.75) is 26.4 Å². The molecule has 0 bridgehead atoms. The average Bonchev–Trinajstić information content (AvgIpc) is 3.42. The van der Waals surface area contributed by atoms with E-state index < -0.39 is 12.5 Å². The Hall–Kier alpha value is -2.12. The van der Waals surface area contributed by atoms with Crippen LogP contribution in [0.4, 0.5) is 8.78 Å². The molecule has 5 nitrogen and oxygen atoms in total. The van der Waals surface area contributed by atoms with Crippen molar-refractivity contribution in [2.24, 2.45) is 10.9 Å². The van der Waals surface area contributed by atoms with Gasteiger partial charge in [0.15, 0.2) is 11.5 Å². The Morgan fingerprint density at radius 3 is 2.67 bits per heavy atom. The van der Waals surface area contributed by atoms with Crippen LogP contribution in [0.1, 0.15) is 30.1 Å². The highest BCUT2D eigenvalue weighted by Gasteiger charge is 2.23. The van der Waals surface area contributed by atoms with Gasteiger partial charge in [0, 0.05) is 16.8 Å². The summed E-state index contributed by atoms with van der Waals surface area (Å²) in [7, 11) is 0. The van der Waals surface area contributed by atoms with E-state index in [-0.39, 0.29) is 32.8 Å². The van der Waals surface area contributed by atoms with Gasteiger partial charge in [-0.1, -0.05) is 23.2 Å². The number of carbonyl (C=O) groups is 1. The number of nitrogens with one attached hydrogen (secondary N) is 1. The van der Waals surface area contributed by atoms with Crippen molar-refractivity contribution < 1.29 is 23.0 Å². The Kier molecular flexibility index (Phi) is 7.62. The van der Waals surface area contributed by atoms with Gasteiger partial charge in [0.1, 0.15) is 0 Å². The number of amides is 1. The van der Waals surface area contributed by atoms with Gasteiger partial charge in [0.2, 0.25) is 0 Å². The number of allylic oxidation sites excluding steroid dienone is 2. The molecule has 1 amide bonds. The first kappa shape index (κ1) is 21.2. The number of ether oxygens (including phenoxy) is 2. The SMILES string of the molecule is C=NC=C(Cl)C(NC(=O)c1ccc(OC(F)F)c(OCC2CC2)c1)=C(C)Cl. The van der Waals surface area contributed by atoms with Crippen molar-refractivity contribution in [1.82, 2.24) is 5.32 Å². The van der Waals surface area contributed by atoms with E-state index in [1.54, 1.807) is 6.92 Å². The Balaban J connectivity index is 2.23. The molecule has 27 heavy (non-hydrogen) atoms. The summed E-state index contributed by atoms with van der Waals surface area (Å²) in [5.74, 6) is -0.233. The van der Waals surface area contributed by atoms with E-state index in [2.05, 4.69) is 21.8 Å². The second-order valence-corrected chi connectivity index (χ2v) is 6.79. The third-order valence-corrected chi connectivity index (χ3v) is 4.10. The largest absolute Gasteiger partial charge is 0.489 e. The average molecular weight is 419 g/mol. The molecule has 1 aliphatic carbocycles. The molecule has 0 saturated heterocycles. The molecule has 1 fully saturated rings. The minimum Gasteiger partial charge on any atom is -0.489 e. The van der Waals surface area contributed by atoms with Gasteiger partial charge in [-0.05, 0) is 50.6 Å². The first-order chi connectivity index (χ1) is 12.8.